The van der Waals surface area contributed by atoms with E-state index >= 15 is 0 Å². The molecule has 1 unspecified atom stereocenters. The minimum atomic E-state index is -0.305. The first-order chi connectivity index (χ1) is 9.04. The average molecular weight is 261 g/mol. The summed E-state index contributed by atoms with van der Waals surface area (Å²) in [7, 11) is 0. The molecule has 0 saturated carbocycles. The van der Waals surface area contributed by atoms with Crippen LogP contribution >= 0.6 is 0 Å². The molecule has 0 spiro atoms. The summed E-state index contributed by atoms with van der Waals surface area (Å²) in [4.78, 5) is 9.04. The Morgan fingerprint density at radius 3 is 2.84 bits per heavy atom. The third-order valence-corrected chi connectivity index (χ3v) is 3.19. The maximum Gasteiger partial charge on any atom is 0.113 e. The van der Waals surface area contributed by atoms with E-state index in [1.807, 2.05) is 13.3 Å². The third kappa shape index (κ3) is 2.77. The molecule has 2 N–H and O–H groups in total. The molecule has 5 nitrogen and oxygen atoms in total. The van der Waals surface area contributed by atoms with E-state index in [-0.39, 0.29) is 6.23 Å². The minimum Gasteiger partial charge on any atom is -0.358 e. The zero-order valence-electron chi connectivity index (χ0n) is 11.8. The second-order valence-corrected chi connectivity index (χ2v) is 4.77. The van der Waals surface area contributed by atoms with Crippen LogP contribution in [0.15, 0.2) is 6.33 Å². The lowest BCUT2D eigenvalue weighted by atomic mass is 10.1. The lowest BCUT2D eigenvalue weighted by Crippen LogP contribution is -2.19. The summed E-state index contributed by atoms with van der Waals surface area (Å²) in [6.07, 6.45) is 2.37. The number of nitrogens with two attached hydrogens (primary N) is 1. The third-order valence-electron chi connectivity index (χ3n) is 3.19. The number of rotatable bonds is 5. The normalized spacial score (nSPS) is 13.1. The van der Waals surface area contributed by atoms with Gasteiger partial charge in [-0.3, -0.25) is 4.98 Å². The predicted octanol–water partition coefficient (Wildman–Crippen LogP) is 2.09. The molecule has 1 atom stereocenters. The Kier molecular flexibility index (Phi) is 4.17. The number of ether oxygens (including phenoxy) is 1. The van der Waals surface area contributed by atoms with Crippen LogP contribution in [-0.2, 0) is 17.9 Å². The molecule has 19 heavy (non-hydrogen) atoms. The van der Waals surface area contributed by atoms with Crippen molar-refractivity contribution in [2.75, 3.05) is 0 Å². The van der Waals surface area contributed by atoms with Crippen LogP contribution in [0, 0.1) is 20.8 Å². The molecule has 5 heteroatoms. The molecular formula is C14H21N4O. The summed E-state index contributed by atoms with van der Waals surface area (Å²) in [6, 6.07) is 0. The Labute approximate surface area is 113 Å². The molecule has 0 aliphatic rings. The average Bonchev–Trinajstić information content (AvgIpc) is 2.77. The summed E-state index contributed by atoms with van der Waals surface area (Å²) in [5.74, 6) is 0. The van der Waals surface area contributed by atoms with Gasteiger partial charge in [0.25, 0.3) is 0 Å². The molecule has 0 aromatic carbocycles. The van der Waals surface area contributed by atoms with Gasteiger partial charge in [-0.15, -0.1) is 0 Å². The zero-order chi connectivity index (χ0) is 14.0. The highest BCUT2D eigenvalue weighted by Crippen LogP contribution is 2.23. The Morgan fingerprint density at radius 2 is 2.21 bits per heavy atom. The number of hydrogen-bond donors (Lipinski definition) is 1. The zero-order valence-corrected chi connectivity index (χ0v) is 11.8. The Balaban J connectivity index is 2.50. The van der Waals surface area contributed by atoms with Gasteiger partial charge in [0.05, 0.1) is 24.1 Å². The van der Waals surface area contributed by atoms with Crippen LogP contribution in [0.3, 0.4) is 0 Å². The number of fused-ring (bicyclic) bond motifs is 1. The van der Waals surface area contributed by atoms with Crippen LogP contribution in [-0.4, -0.2) is 20.8 Å². The summed E-state index contributed by atoms with van der Waals surface area (Å²) >= 11 is 0. The predicted molar refractivity (Wildman–Crippen MR) is 75.4 cm³/mol. The molecule has 0 amide bonds. The van der Waals surface area contributed by atoms with Crippen LogP contribution in [0.1, 0.15) is 30.3 Å². The number of nitrogens with zero attached hydrogens (tertiary/aromatic N) is 3. The van der Waals surface area contributed by atoms with Gasteiger partial charge in [0, 0.05) is 12.2 Å². The van der Waals surface area contributed by atoms with Crippen molar-refractivity contribution in [2.45, 2.75) is 46.6 Å². The van der Waals surface area contributed by atoms with Gasteiger partial charge in [-0.2, -0.15) is 0 Å². The molecule has 1 radical (unpaired) electrons. The van der Waals surface area contributed by atoms with E-state index in [4.69, 9.17) is 10.5 Å². The van der Waals surface area contributed by atoms with Gasteiger partial charge in [-0.1, -0.05) is 6.92 Å². The van der Waals surface area contributed by atoms with E-state index in [1.54, 1.807) is 6.92 Å². The highest BCUT2D eigenvalue weighted by Gasteiger charge is 2.14. The van der Waals surface area contributed by atoms with Crippen molar-refractivity contribution >= 4 is 11.0 Å². The standard InChI is InChI=1S/C14H21N4O/c1-5-6-18-8-16-13-12(7-19-11(4)15)17-10(3)9(2)14(13)18/h8,11H,1,5-7,15H2,2-4H3. The smallest absolute Gasteiger partial charge is 0.113 e. The number of imidazole rings is 1. The summed E-state index contributed by atoms with van der Waals surface area (Å²) < 4.78 is 7.58. The second-order valence-electron chi connectivity index (χ2n) is 4.77. The van der Waals surface area contributed by atoms with Crippen LogP contribution in [0.25, 0.3) is 11.0 Å². The van der Waals surface area contributed by atoms with Gasteiger partial charge in [-0.25, -0.2) is 4.98 Å². The number of aromatic nitrogens is 3. The summed E-state index contributed by atoms with van der Waals surface area (Å²) in [5.41, 5.74) is 10.7. The van der Waals surface area contributed by atoms with Crippen molar-refractivity contribution in [1.29, 1.82) is 0 Å². The molecule has 0 bridgehead atoms. The summed E-state index contributed by atoms with van der Waals surface area (Å²) in [6.45, 7) is 11.0. The molecule has 0 fully saturated rings. The molecule has 2 rings (SSSR count). The van der Waals surface area contributed by atoms with Crippen LogP contribution in [0.4, 0.5) is 0 Å². The monoisotopic (exact) mass is 261 g/mol. The molecule has 0 aliphatic carbocycles. The molecule has 2 aromatic rings. The first kappa shape index (κ1) is 14.0. The maximum atomic E-state index is 5.62. The van der Waals surface area contributed by atoms with E-state index in [0.717, 1.165) is 41.0 Å². The van der Waals surface area contributed by atoms with Gasteiger partial charge in [-0.05, 0) is 32.8 Å². The lowest BCUT2D eigenvalue weighted by molar-refractivity contribution is 0.0562. The van der Waals surface area contributed by atoms with Crippen molar-refractivity contribution < 1.29 is 4.74 Å². The number of aryl methyl sites for hydroxylation is 3. The fourth-order valence-electron chi connectivity index (χ4n) is 2.15. The molecule has 0 saturated heterocycles. The Bertz CT molecular complexity index is 574. The fourth-order valence-corrected chi connectivity index (χ4v) is 2.15. The molecular weight excluding hydrogens is 240 g/mol. The van der Waals surface area contributed by atoms with Crippen LogP contribution in [0.2, 0.25) is 0 Å². The van der Waals surface area contributed by atoms with Crippen LogP contribution < -0.4 is 5.73 Å². The minimum absolute atomic E-state index is 0.305. The maximum absolute atomic E-state index is 5.62. The van der Waals surface area contributed by atoms with Crippen molar-refractivity contribution in [3.05, 3.63) is 30.2 Å². The number of pyridine rings is 1. The molecule has 0 aliphatic heterocycles. The Morgan fingerprint density at radius 1 is 1.47 bits per heavy atom. The first-order valence-electron chi connectivity index (χ1n) is 6.52. The highest BCUT2D eigenvalue weighted by atomic mass is 16.5. The van der Waals surface area contributed by atoms with Gasteiger partial charge in [0.2, 0.25) is 0 Å². The van der Waals surface area contributed by atoms with Crippen molar-refractivity contribution in [1.82, 2.24) is 14.5 Å². The number of hydrogen-bond acceptors (Lipinski definition) is 4. The molecule has 2 aromatic heterocycles. The quantitative estimate of drug-likeness (QED) is 0.837. The van der Waals surface area contributed by atoms with Crippen molar-refractivity contribution in [3.8, 4) is 0 Å². The topological polar surface area (TPSA) is 66.0 Å². The van der Waals surface area contributed by atoms with Gasteiger partial charge in [0.1, 0.15) is 11.7 Å². The summed E-state index contributed by atoms with van der Waals surface area (Å²) in [5, 5.41) is 0. The molecule has 2 heterocycles. The van der Waals surface area contributed by atoms with E-state index in [9.17, 15) is 0 Å². The second kappa shape index (κ2) is 5.67. The van der Waals surface area contributed by atoms with E-state index in [0.29, 0.717) is 6.61 Å². The van der Waals surface area contributed by atoms with E-state index in [1.165, 1.54) is 0 Å². The van der Waals surface area contributed by atoms with E-state index < -0.39 is 0 Å². The Hall–Kier alpha value is -1.46. The largest absolute Gasteiger partial charge is 0.358 e. The lowest BCUT2D eigenvalue weighted by Gasteiger charge is -2.11. The van der Waals surface area contributed by atoms with Crippen LogP contribution in [0.5, 0.6) is 0 Å². The van der Waals surface area contributed by atoms with Crippen molar-refractivity contribution in [2.24, 2.45) is 5.73 Å². The SMILES string of the molecule is [CH2]CCn1cnc2c(COC(C)N)nc(C)c(C)c21. The van der Waals surface area contributed by atoms with Gasteiger partial charge < -0.3 is 15.0 Å². The highest BCUT2D eigenvalue weighted by molar-refractivity contribution is 5.81. The first-order valence-corrected chi connectivity index (χ1v) is 6.52. The van der Waals surface area contributed by atoms with Crippen molar-refractivity contribution in [3.63, 3.8) is 0 Å². The van der Waals surface area contributed by atoms with E-state index in [2.05, 4.69) is 28.4 Å². The van der Waals surface area contributed by atoms with Gasteiger partial charge in [0.15, 0.2) is 0 Å². The molecule has 103 valence electrons. The fraction of sp³-hybridized carbons (Fsp3) is 0.500. The van der Waals surface area contributed by atoms with Gasteiger partial charge >= 0.3 is 0 Å².